The Morgan fingerprint density at radius 1 is 0.974 bits per heavy atom. The van der Waals surface area contributed by atoms with Crippen LogP contribution in [0.25, 0.3) is 11.4 Å². The molecule has 0 amide bonds. The zero-order chi connectivity index (χ0) is 26.5. The molecule has 2 aromatic carbocycles. The Morgan fingerprint density at radius 3 is 2.34 bits per heavy atom. The number of ether oxygens (including phenoxy) is 1. The van der Waals surface area contributed by atoms with E-state index < -0.39 is 10.0 Å². The number of hydrogen-bond donors (Lipinski definition) is 2. The van der Waals surface area contributed by atoms with Crippen molar-refractivity contribution in [2.24, 2.45) is 5.92 Å². The molecule has 9 nitrogen and oxygen atoms in total. The van der Waals surface area contributed by atoms with Gasteiger partial charge in [-0.3, -0.25) is 9.52 Å². The normalized spacial score (nSPS) is 17.4. The second-order valence-corrected chi connectivity index (χ2v) is 11.6. The zero-order valence-corrected chi connectivity index (χ0v) is 21.9. The van der Waals surface area contributed by atoms with Crippen molar-refractivity contribution in [3.8, 4) is 17.1 Å². The van der Waals surface area contributed by atoms with Crippen LogP contribution < -0.4 is 14.4 Å². The van der Waals surface area contributed by atoms with Crippen LogP contribution in [0.15, 0.2) is 65.8 Å². The fourth-order valence-electron chi connectivity index (χ4n) is 4.82. The van der Waals surface area contributed by atoms with Gasteiger partial charge >= 0.3 is 0 Å². The summed E-state index contributed by atoms with van der Waals surface area (Å²) in [6.07, 6.45) is 7.33. The molecule has 1 aliphatic carbocycles. The number of benzene rings is 2. The molecule has 1 aromatic heterocycles. The number of carbonyl (C=O) groups excluding carboxylic acids is 1. The van der Waals surface area contributed by atoms with E-state index in [1.54, 1.807) is 54.9 Å². The fraction of sp³-hybridized carbons (Fsp3) is 0.393. The molecule has 0 radical (unpaired) electrons. The lowest BCUT2D eigenvalue weighted by Crippen LogP contribution is -2.35. The summed E-state index contributed by atoms with van der Waals surface area (Å²) in [5.41, 5.74) is 2.02. The van der Waals surface area contributed by atoms with E-state index >= 15 is 0 Å². The Labute approximate surface area is 222 Å². The second kappa shape index (κ2) is 11.5. The smallest absolute Gasteiger partial charge is 0.261 e. The van der Waals surface area contributed by atoms with Gasteiger partial charge in [-0.15, -0.1) is 0 Å². The lowest BCUT2D eigenvalue weighted by molar-refractivity contribution is -0.121. The molecule has 1 aliphatic heterocycles. The second-order valence-electron chi connectivity index (χ2n) is 9.93. The van der Waals surface area contributed by atoms with E-state index in [4.69, 9.17) is 4.74 Å². The maximum Gasteiger partial charge on any atom is 0.261 e. The summed E-state index contributed by atoms with van der Waals surface area (Å²) in [7, 11) is -3.79. The molecule has 0 atom stereocenters. The molecule has 38 heavy (non-hydrogen) atoms. The van der Waals surface area contributed by atoms with E-state index in [0.29, 0.717) is 66.8 Å². The Kier molecular flexibility index (Phi) is 7.90. The minimum atomic E-state index is -3.79. The van der Waals surface area contributed by atoms with Crippen LogP contribution in [-0.4, -0.2) is 55.1 Å². The first-order valence-electron chi connectivity index (χ1n) is 13.0. The maximum absolute atomic E-state index is 13.0. The molecule has 5 rings (SSSR count). The monoisotopic (exact) mass is 536 g/mol. The summed E-state index contributed by atoms with van der Waals surface area (Å²) >= 11 is 0. The van der Waals surface area contributed by atoms with E-state index in [1.807, 2.05) is 6.07 Å². The molecule has 200 valence electrons. The Bertz CT molecular complexity index is 1340. The molecule has 0 spiro atoms. The highest BCUT2D eigenvalue weighted by Gasteiger charge is 2.20. The fourth-order valence-corrected chi connectivity index (χ4v) is 5.87. The number of nitrogens with zero attached hydrogens (tertiary/aromatic N) is 3. The van der Waals surface area contributed by atoms with Crippen LogP contribution in [0.1, 0.15) is 38.5 Å². The van der Waals surface area contributed by atoms with Crippen LogP contribution in [-0.2, 0) is 14.8 Å². The van der Waals surface area contributed by atoms with Gasteiger partial charge in [-0.1, -0.05) is 12.1 Å². The lowest BCUT2D eigenvalue weighted by Gasteiger charge is -2.31. The van der Waals surface area contributed by atoms with Gasteiger partial charge in [-0.2, -0.15) is 0 Å². The highest BCUT2D eigenvalue weighted by Crippen LogP contribution is 2.26. The highest BCUT2D eigenvalue weighted by molar-refractivity contribution is 7.92. The summed E-state index contributed by atoms with van der Waals surface area (Å²) in [5.74, 6) is 1.71. The average Bonchev–Trinajstić information content (AvgIpc) is 2.93. The minimum absolute atomic E-state index is 0.170. The van der Waals surface area contributed by atoms with Crippen molar-refractivity contribution >= 4 is 27.2 Å². The SMILES string of the molecule is O=C1CCC(COc2cnc(-c3cccc(NS(=O)(=O)c4ccc(N5CCC(O)CC5)cc4)c3)nc2)CC1. The molecule has 3 aromatic rings. The van der Waals surface area contributed by atoms with Crippen LogP contribution in [0.2, 0.25) is 0 Å². The van der Waals surface area contributed by atoms with Gasteiger partial charge in [0, 0.05) is 42.9 Å². The van der Waals surface area contributed by atoms with Crippen LogP contribution in [0.4, 0.5) is 11.4 Å². The predicted octanol–water partition coefficient (Wildman–Crippen LogP) is 4.04. The van der Waals surface area contributed by atoms with Gasteiger partial charge in [-0.25, -0.2) is 18.4 Å². The summed E-state index contributed by atoms with van der Waals surface area (Å²) < 4.78 is 34.5. The van der Waals surface area contributed by atoms with E-state index in [9.17, 15) is 18.3 Å². The molecular weight excluding hydrogens is 504 g/mol. The van der Waals surface area contributed by atoms with Crippen molar-refractivity contribution in [3.05, 3.63) is 60.9 Å². The van der Waals surface area contributed by atoms with E-state index in [-0.39, 0.29) is 11.0 Å². The number of anilines is 2. The predicted molar refractivity (Wildman–Crippen MR) is 145 cm³/mol. The first-order chi connectivity index (χ1) is 18.4. The number of aliphatic hydroxyl groups is 1. The Hall–Kier alpha value is -3.50. The number of aliphatic hydroxyl groups excluding tert-OH is 1. The molecule has 1 saturated heterocycles. The van der Waals surface area contributed by atoms with Gasteiger partial charge in [-0.05, 0) is 68.0 Å². The number of ketones is 1. The van der Waals surface area contributed by atoms with Crippen molar-refractivity contribution in [1.82, 2.24) is 9.97 Å². The van der Waals surface area contributed by atoms with Crippen molar-refractivity contribution in [3.63, 3.8) is 0 Å². The van der Waals surface area contributed by atoms with Gasteiger partial charge in [0.15, 0.2) is 11.6 Å². The van der Waals surface area contributed by atoms with Crippen LogP contribution in [0.3, 0.4) is 0 Å². The standard InChI is InChI=1S/C28H32N4O5S/c33-24-8-4-20(5-9-24)19-37-26-17-29-28(30-18-26)21-2-1-3-22(16-21)31-38(35,36)27-10-6-23(7-11-27)32-14-12-25(34)13-15-32/h1-3,6-7,10-11,16-18,20,25,31,34H,4-5,8-9,12-15,19H2. The summed E-state index contributed by atoms with van der Waals surface area (Å²) in [4.78, 5) is 22.5. The third-order valence-electron chi connectivity index (χ3n) is 7.13. The number of rotatable bonds is 8. The lowest BCUT2D eigenvalue weighted by atomic mass is 9.89. The van der Waals surface area contributed by atoms with Crippen molar-refractivity contribution in [2.75, 3.05) is 29.3 Å². The summed E-state index contributed by atoms with van der Waals surface area (Å²) in [5, 5.41) is 9.71. The summed E-state index contributed by atoms with van der Waals surface area (Å²) in [6, 6.07) is 13.7. The molecule has 2 aliphatic rings. The minimum Gasteiger partial charge on any atom is -0.490 e. The van der Waals surface area contributed by atoms with Crippen LogP contribution in [0.5, 0.6) is 5.75 Å². The topological polar surface area (TPSA) is 122 Å². The van der Waals surface area contributed by atoms with E-state index in [0.717, 1.165) is 31.6 Å². The van der Waals surface area contributed by atoms with E-state index in [1.165, 1.54) is 0 Å². The van der Waals surface area contributed by atoms with E-state index in [2.05, 4.69) is 19.6 Å². The first-order valence-corrected chi connectivity index (χ1v) is 14.5. The molecule has 0 bridgehead atoms. The van der Waals surface area contributed by atoms with Gasteiger partial charge in [0.25, 0.3) is 10.0 Å². The molecule has 1 saturated carbocycles. The Morgan fingerprint density at radius 2 is 1.66 bits per heavy atom. The number of nitrogens with one attached hydrogen (secondary N) is 1. The molecule has 2 fully saturated rings. The number of aromatic nitrogens is 2. The van der Waals surface area contributed by atoms with Crippen molar-refractivity contribution in [2.45, 2.75) is 49.5 Å². The molecule has 2 heterocycles. The third-order valence-corrected chi connectivity index (χ3v) is 8.52. The zero-order valence-electron chi connectivity index (χ0n) is 21.1. The summed E-state index contributed by atoms with van der Waals surface area (Å²) in [6.45, 7) is 2.03. The van der Waals surface area contributed by atoms with Crippen LogP contribution >= 0.6 is 0 Å². The largest absolute Gasteiger partial charge is 0.490 e. The van der Waals surface area contributed by atoms with Crippen molar-refractivity contribution < 1.29 is 23.1 Å². The molecule has 0 unspecified atom stereocenters. The van der Waals surface area contributed by atoms with Gasteiger partial charge in [0.1, 0.15) is 5.78 Å². The highest BCUT2D eigenvalue weighted by atomic mass is 32.2. The number of Topliss-reactive ketones (excluding diaryl/α,β-unsaturated/α-hetero) is 1. The maximum atomic E-state index is 13.0. The van der Waals surface area contributed by atoms with Crippen molar-refractivity contribution in [1.29, 1.82) is 0 Å². The third kappa shape index (κ3) is 6.49. The average molecular weight is 537 g/mol. The number of hydrogen-bond acceptors (Lipinski definition) is 8. The Balaban J connectivity index is 1.21. The van der Waals surface area contributed by atoms with Crippen LogP contribution in [0, 0.1) is 5.92 Å². The number of carbonyl (C=O) groups is 1. The van der Waals surface area contributed by atoms with Gasteiger partial charge in [0.2, 0.25) is 0 Å². The van der Waals surface area contributed by atoms with Gasteiger partial charge in [0.05, 0.1) is 30.0 Å². The number of sulfonamides is 1. The van der Waals surface area contributed by atoms with Gasteiger partial charge < -0.3 is 14.7 Å². The number of piperidine rings is 1. The molecular formula is C28H32N4O5S. The quantitative estimate of drug-likeness (QED) is 0.442. The first kappa shape index (κ1) is 26.1. The molecule has 2 N–H and O–H groups in total. The molecule has 10 heteroatoms.